The van der Waals surface area contributed by atoms with E-state index in [0.717, 1.165) is 26.1 Å². The van der Waals surface area contributed by atoms with E-state index in [1.165, 1.54) is 5.56 Å². The van der Waals surface area contributed by atoms with E-state index in [1.54, 1.807) is 29.4 Å². The summed E-state index contributed by atoms with van der Waals surface area (Å²) < 4.78 is 2.00. The molecule has 3 aromatic rings. The average Bonchev–Trinajstić information content (AvgIpc) is 2.97. The lowest BCUT2D eigenvalue weighted by Crippen LogP contribution is -2.06. The lowest BCUT2D eigenvalue weighted by atomic mass is 10.1. The molecule has 3 rings (SSSR count). The van der Waals surface area contributed by atoms with E-state index in [2.05, 4.69) is 44.5 Å². The van der Waals surface area contributed by atoms with Crippen molar-refractivity contribution in [1.82, 2.24) is 15.0 Å². The molecule has 114 valence electrons. The minimum atomic E-state index is 0.0608. The first-order valence-electron chi connectivity index (χ1n) is 6.91. The van der Waals surface area contributed by atoms with Crippen molar-refractivity contribution in [3.63, 3.8) is 0 Å². The predicted molar refractivity (Wildman–Crippen MR) is 93.4 cm³/mol. The zero-order valence-electron chi connectivity index (χ0n) is 12.4. The van der Waals surface area contributed by atoms with Crippen molar-refractivity contribution in [3.05, 3.63) is 41.7 Å². The first-order chi connectivity index (χ1) is 10.7. The van der Waals surface area contributed by atoms with Gasteiger partial charge in [-0.15, -0.1) is 11.3 Å². The Morgan fingerprint density at radius 3 is 2.73 bits per heavy atom. The maximum atomic E-state index is 5.87. The van der Waals surface area contributed by atoms with Crippen LogP contribution in [0.4, 0.5) is 5.82 Å². The molecular weight excluding hydrogens is 314 g/mol. The van der Waals surface area contributed by atoms with Gasteiger partial charge in [-0.1, -0.05) is 36.0 Å². The zero-order valence-corrected chi connectivity index (χ0v) is 14.0. The first kappa shape index (κ1) is 15.2. The molecule has 0 aliphatic heterocycles. The summed E-state index contributed by atoms with van der Waals surface area (Å²) in [6, 6.07) is 8.37. The number of aromatic nitrogens is 3. The molecule has 0 saturated carbocycles. The van der Waals surface area contributed by atoms with E-state index in [-0.39, 0.29) is 6.04 Å². The van der Waals surface area contributed by atoms with Crippen molar-refractivity contribution in [1.29, 1.82) is 0 Å². The number of nitrogens with zero attached hydrogens (tertiary/aromatic N) is 3. The van der Waals surface area contributed by atoms with Crippen molar-refractivity contribution in [3.8, 4) is 0 Å². The fraction of sp³-hybridized carbons (Fsp3) is 0.267. The molecule has 0 fully saturated rings. The zero-order chi connectivity index (χ0) is 15.5. The molecule has 0 aliphatic rings. The Morgan fingerprint density at radius 1 is 1.27 bits per heavy atom. The van der Waals surface area contributed by atoms with Crippen molar-refractivity contribution < 1.29 is 0 Å². The monoisotopic (exact) mass is 331 g/mol. The van der Waals surface area contributed by atoms with Gasteiger partial charge in [0.25, 0.3) is 0 Å². The number of fused-ring (bicyclic) bond motifs is 1. The molecule has 0 saturated heterocycles. The number of hydrogen-bond acceptors (Lipinski definition) is 7. The van der Waals surface area contributed by atoms with E-state index in [1.807, 2.05) is 13.2 Å². The summed E-state index contributed by atoms with van der Waals surface area (Å²) in [5.41, 5.74) is 8.94. The summed E-state index contributed by atoms with van der Waals surface area (Å²) in [5, 5.41) is 3.37. The minimum Gasteiger partial charge on any atom is -0.365 e. The molecule has 0 aliphatic carbocycles. The Bertz CT molecular complexity index is 767. The first-order valence-corrected chi connectivity index (χ1v) is 8.95. The van der Waals surface area contributed by atoms with Gasteiger partial charge in [-0.3, -0.25) is 0 Å². The van der Waals surface area contributed by atoms with Crippen molar-refractivity contribution in [2.45, 2.75) is 23.8 Å². The van der Waals surface area contributed by atoms with E-state index in [4.69, 9.17) is 5.73 Å². The highest BCUT2D eigenvalue weighted by Crippen LogP contribution is 2.31. The van der Waals surface area contributed by atoms with Crippen molar-refractivity contribution in [2.24, 2.45) is 5.73 Å². The molecule has 2 aromatic heterocycles. The SMILES string of the molecule is CSc1nc2ncnc(NCc3ccc(C(C)N)cc3)c2s1. The Morgan fingerprint density at radius 2 is 2.05 bits per heavy atom. The number of anilines is 1. The number of thioether (sulfide) groups is 1. The van der Waals surface area contributed by atoms with Crippen molar-refractivity contribution in [2.75, 3.05) is 11.6 Å². The molecule has 2 heterocycles. The highest BCUT2D eigenvalue weighted by Gasteiger charge is 2.09. The highest BCUT2D eigenvalue weighted by molar-refractivity contribution is 8.00. The van der Waals surface area contributed by atoms with Gasteiger partial charge >= 0.3 is 0 Å². The summed E-state index contributed by atoms with van der Waals surface area (Å²) >= 11 is 3.24. The fourth-order valence-electron chi connectivity index (χ4n) is 2.07. The maximum Gasteiger partial charge on any atom is 0.176 e. The number of benzene rings is 1. The Hall–Kier alpha value is -1.70. The number of hydrogen-bond donors (Lipinski definition) is 2. The second kappa shape index (κ2) is 6.60. The summed E-state index contributed by atoms with van der Waals surface area (Å²) in [7, 11) is 0. The molecule has 1 atom stereocenters. The third-order valence-corrected chi connectivity index (χ3v) is 5.35. The molecule has 5 nitrogen and oxygen atoms in total. The average molecular weight is 331 g/mol. The van der Waals surface area contributed by atoms with Crippen LogP contribution < -0.4 is 11.1 Å². The van der Waals surface area contributed by atoms with Crippen LogP contribution in [0.3, 0.4) is 0 Å². The number of rotatable bonds is 5. The standard InChI is InChI=1S/C15H17N5S2/c1-9(16)11-5-3-10(4-6-11)7-17-13-12-14(19-8-18-13)20-15(21-2)22-12/h3-6,8-9H,7,16H2,1-2H3,(H,17,18,19). The van der Waals surface area contributed by atoms with Gasteiger partial charge in [-0.05, 0) is 24.3 Å². The van der Waals surface area contributed by atoms with Gasteiger partial charge in [0.1, 0.15) is 16.8 Å². The molecular formula is C15H17N5S2. The van der Waals surface area contributed by atoms with Crippen molar-refractivity contribution >= 4 is 39.3 Å². The van der Waals surface area contributed by atoms with Crippen LogP contribution >= 0.6 is 23.1 Å². The van der Waals surface area contributed by atoms with E-state index in [9.17, 15) is 0 Å². The van der Waals surface area contributed by atoms with Gasteiger partial charge in [0.2, 0.25) is 0 Å². The molecule has 0 spiro atoms. The lowest BCUT2D eigenvalue weighted by molar-refractivity contribution is 0.817. The van der Waals surface area contributed by atoms with Gasteiger partial charge in [0, 0.05) is 12.6 Å². The third-order valence-electron chi connectivity index (χ3n) is 3.31. The lowest BCUT2D eigenvalue weighted by Gasteiger charge is -2.08. The molecule has 22 heavy (non-hydrogen) atoms. The van der Waals surface area contributed by atoms with Crippen LogP contribution in [0, 0.1) is 0 Å². The van der Waals surface area contributed by atoms with E-state index < -0.39 is 0 Å². The second-order valence-corrected chi connectivity index (χ2v) is 7.00. The van der Waals surface area contributed by atoms with Crippen LogP contribution in [0.1, 0.15) is 24.1 Å². The van der Waals surface area contributed by atoms with Crippen LogP contribution in [0.5, 0.6) is 0 Å². The Balaban J connectivity index is 1.77. The quantitative estimate of drug-likeness (QED) is 0.698. The van der Waals surface area contributed by atoms with Gasteiger partial charge in [-0.25, -0.2) is 15.0 Å². The Kier molecular flexibility index (Phi) is 4.56. The van der Waals surface area contributed by atoms with Crippen LogP contribution in [-0.2, 0) is 6.54 Å². The number of nitrogens with one attached hydrogen (secondary N) is 1. The smallest absolute Gasteiger partial charge is 0.176 e. The molecule has 0 radical (unpaired) electrons. The van der Waals surface area contributed by atoms with Gasteiger partial charge < -0.3 is 11.1 Å². The maximum absolute atomic E-state index is 5.87. The molecule has 3 N–H and O–H groups in total. The summed E-state index contributed by atoms with van der Waals surface area (Å²) in [6.07, 6.45) is 3.56. The molecule has 0 amide bonds. The van der Waals surface area contributed by atoms with Gasteiger partial charge in [0.05, 0.1) is 0 Å². The largest absolute Gasteiger partial charge is 0.365 e. The third kappa shape index (κ3) is 3.21. The van der Waals surface area contributed by atoms with Crippen LogP contribution in [0.2, 0.25) is 0 Å². The van der Waals surface area contributed by atoms with Crippen LogP contribution in [0.25, 0.3) is 10.3 Å². The van der Waals surface area contributed by atoms with E-state index in [0.29, 0.717) is 6.54 Å². The number of nitrogens with two attached hydrogens (primary N) is 1. The summed E-state index contributed by atoms with van der Waals surface area (Å²) in [5.74, 6) is 0.832. The van der Waals surface area contributed by atoms with Crippen LogP contribution in [0.15, 0.2) is 34.9 Å². The summed E-state index contributed by atoms with van der Waals surface area (Å²) in [6.45, 7) is 2.69. The van der Waals surface area contributed by atoms with Gasteiger partial charge in [0.15, 0.2) is 9.99 Å². The highest BCUT2D eigenvalue weighted by atomic mass is 32.2. The second-order valence-electron chi connectivity index (χ2n) is 4.94. The fourth-order valence-corrected chi connectivity index (χ4v) is 3.55. The number of thiazole rings is 1. The van der Waals surface area contributed by atoms with Crippen LogP contribution in [-0.4, -0.2) is 21.2 Å². The van der Waals surface area contributed by atoms with Gasteiger partial charge in [-0.2, -0.15) is 0 Å². The molecule has 0 bridgehead atoms. The Labute approximate surface area is 137 Å². The predicted octanol–water partition coefficient (Wildman–Crippen LogP) is 3.44. The minimum absolute atomic E-state index is 0.0608. The molecule has 1 aromatic carbocycles. The normalized spacial score (nSPS) is 12.5. The summed E-state index contributed by atoms with van der Waals surface area (Å²) in [4.78, 5) is 13.0. The topological polar surface area (TPSA) is 76.7 Å². The molecule has 7 heteroatoms. The molecule has 1 unspecified atom stereocenters. The van der Waals surface area contributed by atoms with E-state index >= 15 is 0 Å².